The van der Waals surface area contributed by atoms with Gasteiger partial charge >= 0.3 is 5.97 Å². The first kappa shape index (κ1) is 59.1. The molecule has 0 radical (unpaired) electrons. The van der Waals surface area contributed by atoms with Crippen molar-refractivity contribution in [1.82, 2.24) is 5.32 Å². The molecule has 358 valence electrons. The fourth-order valence-electron chi connectivity index (χ4n) is 8.02. The average molecular weight is 858 g/mol. The summed E-state index contributed by atoms with van der Waals surface area (Å²) in [7, 11) is 0. The van der Waals surface area contributed by atoms with E-state index in [2.05, 4.69) is 43.5 Å². The van der Waals surface area contributed by atoms with Crippen LogP contribution in [-0.2, 0) is 14.3 Å². The van der Waals surface area contributed by atoms with Crippen molar-refractivity contribution in [2.45, 2.75) is 289 Å². The Kier molecular flexibility index (Phi) is 49.1. The van der Waals surface area contributed by atoms with Gasteiger partial charge in [0.25, 0.3) is 0 Å². The molecular formula is C55H103NO5. The van der Waals surface area contributed by atoms with Crippen LogP contribution in [0.15, 0.2) is 36.5 Å². The van der Waals surface area contributed by atoms with Gasteiger partial charge in [-0.25, -0.2) is 0 Å². The number of esters is 1. The Hall–Kier alpha value is -1.92. The minimum Gasteiger partial charge on any atom is -0.466 e. The van der Waals surface area contributed by atoms with Crippen LogP contribution in [-0.4, -0.2) is 47.4 Å². The van der Waals surface area contributed by atoms with Crippen molar-refractivity contribution < 1.29 is 24.5 Å². The Labute approximate surface area is 379 Å². The second-order valence-corrected chi connectivity index (χ2v) is 18.2. The van der Waals surface area contributed by atoms with Crippen molar-refractivity contribution >= 4 is 11.9 Å². The number of rotatable bonds is 49. The van der Waals surface area contributed by atoms with Crippen molar-refractivity contribution in [1.29, 1.82) is 0 Å². The minimum absolute atomic E-state index is 0.0113. The van der Waals surface area contributed by atoms with Crippen molar-refractivity contribution in [3.05, 3.63) is 36.5 Å². The Morgan fingerprint density at radius 2 is 0.820 bits per heavy atom. The molecule has 0 aliphatic rings. The highest BCUT2D eigenvalue weighted by Gasteiger charge is 2.18. The smallest absolute Gasteiger partial charge is 0.305 e. The van der Waals surface area contributed by atoms with E-state index >= 15 is 0 Å². The number of hydrogen-bond donors (Lipinski definition) is 3. The topological polar surface area (TPSA) is 95.9 Å². The fourth-order valence-corrected chi connectivity index (χ4v) is 8.02. The third kappa shape index (κ3) is 47.4. The van der Waals surface area contributed by atoms with Crippen LogP contribution in [0.3, 0.4) is 0 Å². The highest BCUT2D eigenvalue weighted by Crippen LogP contribution is 2.16. The van der Waals surface area contributed by atoms with Gasteiger partial charge in [-0.1, -0.05) is 237 Å². The summed E-state index contributed by atoms with van der Waals surface area (Å²) in [4.78, 5) is 24.5. The van der Waals surface area contributed by atoms with Gasteiger partial charge in [-0.15, -0.1) is 0 Å². The highest BCUT2D eigenvalue weighted by molar-refractivity contribution is 5.76. The zero-order valence-electron chi connectivity index (χ0n) is 40.6. The van der Waals surface area contributed by atoms with Gasteiger partial charge in [0.1, 0.15) is 0 Å². The van der Waals surface area contributed by atoms with E-state index in [9.17, 15) is 19.8 Å². The molecule has 0 heterocycles. The van der Waals surface area contributed by atoms with Gasteiger partial charge < -0.3 is 20.3 Å². The Morgan fingerprint density at radius 1 is 0.459 bits per heavy atom. The Balaban J connectivity index is 3.46. The molecule has 0 aromatic carbocycles. The van der Waals surface area contributed by atoms with Crippen LogP contribution in [0.2, 0.25) is 0 Å². The number of allylic oxidation sites excluding steroid dienone is 5. The molecule has 3 N–H and O–H groups in total. The molecule has 2 unspecified atom stereocenters. The molecule has 0 aromatic heterocycles. The molecule has 0 spiro atoms. The van der Waals surface area contributed by atoms with Gasteiger partial charge in [0, 0.05) is 12.8 Å². The standard InChI is InChI=1S/C55H103NO5/c1-3-5-7-9-11-13-15-17-18-19-20-21-25-29-33-37-41-45-49-55(60)61-50-46-42-38-34-30-26-23-22-24-28-32-36-40-44-48-54(59)56-52(51-57)53(58)47-43-39-35-31-27-16-14-12-10-8-6-4-2/h13,15,18-19,43,47,52-53,57-58H,3-12,14,16-17,20-42,44-46,48-51H2,1-2H3,(H,56,59)/b15-13-,19-18-,47-43+. The maximum absolute atomic E-state index is 12.4. The molecule has 6 nitrogen and oxygen atoms in total. The molecule has 0 aliphatic carbocycles. The highest BCUT2D eigenvalue weighted by atomic mass is 16.5. The lowest BCUT2D eigenvalue weighted by molar-refractivity contribution is -0.143. The zero-order valence-corrected chi connectivity index (χ0v) is 40.6. The maximum Gasteiger partial charge on any atom is 0.305 e. The van der Waals surface area contributed by atoms with E-state index < -0.39 is 12.1 Å². The average Bonchev–Trinajstić information content (AvgIpc) is 3.26. The number of nitrogens with one attached hydrogen (secondary N) is 1. The quantitative estimate of drug-likeness (QED) is 0.0322. The summed E-state index contributed by atoms with van der Waals surface area (Å²) in [6.07, 6.45) is 61.4. The van der Waals surface area contributed by atoms with Gasteiger partial charge in [0.05, 0.1) is 25.4 Å². The van der Waals surface area contributed by atoms with Gasteiger partial charge in [0.15, 0.2) is 0 Å². The molecule has 1 amide bonds. The summed E-state index contributed by atoms with van der Waals surface area (Å²) in [5, 5.41) is 23.0. The van der Waals surface area contributed by atoms with Crippen LogP contribution in [0, 0.1) is 0 Å². The maximum atomic E-state index is 12.4. The summed E-state index contributed by atoms with van der Waals surface area (Å²) >= 11 is 0. The number of unbranched alkanes of at least 4 members (excludes halogenated alkanes) is 34. The van der Waals surface area contributed by atoms with Crippen LogP contribution in [0.1, 0.15) is 277 Å². The summed E-state index contributed by atoms with van der Waals surface area (Å²) in [5.74, 6) is -0.0914. The molecule has 0 saturated carbocycles. The van der Waals surface area contributed by atoms with Gasteiger partial charge in [-0.05, 0) is 64.2 Å². The second-order valence-electron chi connectivity index (χ2n) is 18.2. The number of aliphatic hydroxyl groups excluding tert-OH is 2. The van der Waals surface area contributed by atoms with E-state index in [-0.39, 0.29) is 18.5 Å². The van der Waals surface area contributed by atoms with Crippen LogP contribution >= 0.6 is 0 Å². The molecule has 0 bridgehead atoms. The van der Waals surface area contributed by atoms with E-state index in [1.807, 2.05) is 6.08 Å². The van der Waals surface area contributed by atoms with Crippen LogP contribution in [0.4, 0.5) is 0 Å². The first-order valence-corrected chi connectivity index (χ1v) is 26.8. The third-order valence-electron chi connectivity index (χ3n) is 12.2. The number of amides is 1. The van der Waals surface area contributed by atoms with E-state index in [0.717, 1.165) is 64.2 Å². The molecular weight excluding hydrogens is 755 g/mol. The predicted octanol–water partition coefficient (Wildman–Crippen LogP) is 16.1. The normalized spacial score (nSPS) is 12.9. The lowest BCUT2D eigenvalue weighted by Gasteiger charge is -2.20. The Morgan fingerprint density at radius 3 is 1.26 bits per heavy atom. The monoisotopic (exact) mass is 858 g/mol. The molecule has 0 saturated heterocycles. The summed E-state index contributed by atoms with van der Waals surface area (Å²) in [5.41, 5.74) is 0. The van der Waals surface area contributed by atoms with Crippen molar-refractivity contribution in [3.8, 4) is 0 Å². The van der Waals surface area contributed by atoms with E-state index in [1.165, 1.54) is 186 Å². The number of carbonyl (C=O) groups excluding carboxylic acids is 2. The number of hydrogen-bond acceptors (Lipinski definition) is 5. The molecule has 6 heteroatoms. The third-order valence-corrected chi connectivity index (χ3v) is 12.2. The summed E-state index contributed by atoms with van der Waals surface area (Å²) in [6.45, 7) is 4.85. The van der Waals surface area contributed by atoms with Crippen LogP contribution < -0.4 is 5.32 Å². The molecule has 0 aromatic rings. The first-order valence-electron chi connectivity index (χ1n) is 26.8. The number of ether oxygens (including phenoxy) is 1. The van der Waals surface area contributed by atoms with E-state index in [1.54, 1.807) is 6.08 Å². The SMILES string of the molecule is CCCCCC/C=C\C/C=C\CCCCCCCCCC(=O)OCCCCCCCCCCCCCCCCC(=O)NC(CO)C(O)/C=C/CCCCCCCCCCCC. The Bertz CT molecular complexity index is 993. The lowest BCUT2D eigenvalue weighted by Crippen LogP contribution is -2.45. The molecule has 61 heavy (non-hydrogen) atoms. The molecule has 0 aliphatic heterocycles. The molecule has 0 fully saturated rings. The summed E-state index contributed by atoms with van der Waals surface area (Å²) in [6, 6.07) is -0.635. The largest absolute Gasteiger partial charge is 0.466 e. The van der Waals surface area contributed by atoms with Gasteiger partial charge in [-0.3, -0.25) is 9.59 Å². The minimum atomic E-state index is -0.851. The van der Waals surface area contributed by atoms with Crippen LogP contribution in [0.5, 0.6) is 0 Å². The first-order chi connectivity index (χ1) is 30.0. The van der Waals surface area contributed by atoms with Crippen molar-refractivity contribution in [3.63, 3.8) is 0 Å². The van der Waals surface area contributed by atoms with E-state index in [0.29, 0.717) is 19.4 Å². The van der Waals surface area contributed by atoms with Gasteiger partial charge in [0.2, 0.25) is 5.91 Å². The zero-order chi connectivity index (χ0) is 44.4. The van der Waals surface area contributed by atoms with Crippen LogP contribution in [0.25, 0.3) is 0 Å². The second kappa shape index (κ2) is 50.7. The molecule has 0 rings (SSSR count). The molecule has 2 atom stereocenters. The van der Waals surface area contributed by atoms with Crippen molar-refractivity contribution in [2.75, 3.05) is 13.2 Å². The summed E-state index contributed by atoms with van der Waals surface area (Å²) < 4.78 is 5.47. The predicted molar refractivity (Wildman–Crippen MR) is 264 cm³/mol. The lowest BCUT2D eigenvalue weighted by atomic mass is 10.0. The van der Waals surface area contributed by atoms with Crippen molar-refractivity contribution in [2.24, 2.45) is 0 Å². The number of aliphatic hydroxyl groups is 2. The van der Waals surface area contributed by atoms with E-state index in [4.69, 9.17) is 4.74 Å². The van der Waals surface area contributed by atoms with Gasteiger partial charge in [-0.2, -0.15) is 0 Å². The fraction of sp³-hybridized carbons (Fsp3) is 0.855. The number of carbonyl (C=O) groups is 2.